The summed E-state index contributed by atoms with van der Waals surface area (Å²) in [4.78, 5) is 32.5. The lowest BCUT2D eigenvalue weighted by atomic mass is 9.89. The molecule has 3 aliphatic heterocycles. The number of alkyl halides is 3. The molecule has 0 radical (unpaired) electrons. The highest BCUT2D eigenvalue weighted by molar-refractivity contribution is 5.87. The molecule has 2 aromatic carbocycles. The van der Waals surface area contributed by atoms with Gasteiger partial charge in [-0.2, -0.15) is 18.2 Å². The number of amides is 1. The average Bonchev–Trinajstić information content (AvgIpc) is 3.50. The van der Waals surface area contributed by atoms with Crippen LogP contribution in [0.5, 0.6) is 11.5 Å². The summed E-state index contributed by atoms with van der Waals surface area (Å²) in [5.41, 5.74) is 0.409. The lowest BCUT2D eigenvalue weighted by Gasteiger charge is -2.33. The van der Waals surface area contributed by atoms with Crippen LogP contribution in [-0.4, -0.2) is 58.4 Å². The molecule has 1 amide bonds. The minimum Gasteiger partial charge on any atom is -0.480 e. The fourth-order valence-electron chi connectivity index (χ4n) is 5.40. The van der Waals surface area contributed by atoms with Crippen LogP contribution in [0.1, 0.15) is 36.6 Å². The maximum atomic E-state index is 13.4. The fraction of sp³-hybridized carbons (Fsp3) is 0.440. The maximum Gasteiger partial charge on any atom is 0.416 e. The second-order valence-corrected chi connectivity index (χ2v) is 9.37. The topological polar surface area (TPSA) is 88.5 Å². The van der Waals surface area contributed by atoms with Gasteiger partial charge in [0.1, 0.15) is 12.6 Å². The summed E-state index contributed by atoms with van der Waals surface area (Å²) >= 11 is 0. The van der Waals surface area contributed by atoms with Crippen LogP contribution in [0.3, 0.4) is 0 Å². The number of carbonyl (C=O) groups excluding carboxylic acids is 1. The molecule has 1 N–H and O–H groups in total. The van der Waals surface area contributed by atoms with Gasteiger partial charge in [0.2, 0.25) is 12.7 Å². The first-order valence-electron chi connectivity index (χ1n) is 11.6. The number of hydrogen-bond acceptors (Lipinski definition) is 6. The molecule has 2 saturated heterocycles. The number of nitrogens with zero attached hydrogens (tertiary/aromatic N) is 2. The summed E-state index contributed by atoms with van der Waals surface area (Å²) < 4.78 is 50.5. The number of likely N-dealkylation sites (tertiary alicyclic amines) is 1. The van der Waals surface area contributed by atoms with E-state index in [1.54, 1.807) is 36.3 Å². The number of benzene rings is 2. The number of rotatable bonds is 6. The molecule has 2 fully saturated rings. The second-order valence-electron chi connectivity index (χ2n) is 9.37. The van der Waals surface area contributed by atoms with Crippen molar-refractivity contribution in [2.45, 2.75) is 50.7 Å². The van der Waals surface area contributed by atoms with E-state index >= 15 is 0 Å². The first-order valence-corrected chi connectivity index (χ1v) is 11.6. The van der Waals surface area contributed by atoms with Crippen molar-refractivity contribution in [3.8, 4) is 11.5 Å². The van der Waals surface area contributed by atoms with Gasteiger partial charge in [0.25, 0.3) is 0 Å². The Labute approximate surface area is 205 Å². The zero-order valence-corrected chi connectivity index (χ0v) is 19.6. The molecular formula is C25H25F3N2O6. The van der Waals surface area contributed by atoms with Crippen LogP contribution < -0.4 is 9.47 Å². The van der Waals surface area contributed by atoms with Crippen LogP contribution in [-0.2, 0) is 27.0 Å². The first kappa shape index (κ1) is 24.4. The Kier molecular flexibility index (Phi) is 6.08. The monoisotopic (exact) mass is 506 g/mol. The predicted molar refractivity (Wildman–Crippen MR) is 119 cm³/mol. The number of carbonyl (C=O) groups is 2. The molecule has 11 heteroatoms. The molecule has 0 bridgehead atoms. The maximum absolute atomic E-state index is 13.4. The van der Waals surface area contributed by atoms with Gasteiger partial charge in [-0.25, -0.2) is 0 Å². The summed E-state index contributed by atoms with van der Waals surface area (Å²) in [7, 11) is 0. The summed E-state index contributed by atoms with van der Waals surface area (Å²) in [6.07, 6.45) is -4.94. The number of hydrogen-bond donors (Lipinski definition) is 1. The lowest BCUT2D eigenvalue weighted by Crippen LogP contribution is -2.47. The smallest absolute Gasteiger partial charge is 0.416 e. The summed E-state index contributed by atoms with van der Waals surface area (Å²) in [6, 6.07) is 8.97. The van der Waals surface area contributed by atoms with E-state index in [0.717, 1.165) is 12.1 Å². The van der Waals surface area contributed by atoms with Crippen molar-refractivity contribution < 1.29 is 42.2 Å². The molecular weight excluding hydrogens is 481 g/mol. The minimum absolute atomic E-state index is 0.0822. The van der Waals surface area contributed by atoms with Crippen LogP contribution in [0.2, 0.25) is 0 Å². The van der Waals surface area contributed by atoms with Crippen molar-refractivity contribution in [2.75, 3.05) is 13.3 Å². The summed E-state index contributed by atoms with van der Waals surface area (Å²) in [5, 5.41) is 11.0. The van der Waals surface area contributed by atoms with Gasteiger partial charge in [-0.1, -0.05) is 24.3 Å². The highest BCUT2D eigenvalue weighted by Crippen LogP contribution is 2.48. The zero-order valence-electron chi connectivity index (χ0n) is 19.6. The van der Waals surface area contributed by atoms with Gasteiger partial charge in [-0.3, -0.25) is 14.4 Å². The summed E-state index contributed by atoms with van der Waals surface area (Å²) in [5.74, 6) is -1.07. The van der Waals surface area contributed by atoms with E-state index in [-0.39, 0.29) is 19.1 Å². The molecule has 5 unspecified atom stereocenters. The Morgan fingerprint density at radius 1 is 1.17 bits per heavy atom. The number of hydroxylamine groups is 2. The number of carboxylic acid groups (broad SMARTS) is 1. The van der Waals surface area contributed by atoms with E-state index < -0.39 is 54.4 Å². The number of carboxylic acids is 1. The highest BCUT2D eigenvalue weighted by atomic mass is 19.4. The molecule has 5 rings (SSSR count). The number of aliphatic carboxylic acids is 1. The SMILES string of the molecule is CC1C2C(C(=O)N1CC(=O)O)C(c1ccc3c(c1)OCO3)ON2C(C)Cc1cccc(C(F)(F)F)c1. The second kappa shape index (κ2) is 8.97. The third kappa shape index (κ3) is 4.26. The third-order valence-electron chi connectivity index (χ3n) is 7.03. The van der Waals surface area contributed by atoms with Gasteiger partial charge < -0.3 is 19.5 Å². The van der Waals surface area contributed by atoms with Crippen molar-refractivity contribution in [3.63, 3.8) is 0 Å². The van der Waals surface area contributed by atoms with E-state index in [1.165, 1.54) is 11.0 Å². The third-order valence-corrected chi connectivity index (χ3v) is 7.03. The minimum atomic E-state index is -4.46. The normalized spacial score (nSPS) is 26.4. The van der Waals surface area contributed by atoms with Crippen LogP contribution in [0.15, 0.2) is 42.5 Å². The molecule has 192 valence electrons. The van der Waals surface area contributed by atoms with Gasteiger partial charge in [-0.05, 0) is 49.6 Å². The Morgan fingerprint density at radius 3 is 2.64 bits per heavy atom. The Balaban J connectivity index is 1.46. The van der Waals surface area contributed by atoms with Gasteiger partial charge in [0, 0.05) is 12.1 Å². The van der Waals surface area contributed by atoms with Crippen molar-refractivity contribution >= 4 is 11.9 Å². The molecule has 2 aromatic rings. The Morgan fingerprint density at radius 2 is 1.92 bits per heavy atom. The van der Waals surface area contributed by atoms with Crippen molar-refractivity contribution in [1.82, 2.24) is 9.96 Å². The lowest BCUT2D eigenvalue weighted by molar-refractivity contribution is -0.197. The molecule has 8 nitrogen and oxygen atoms in total. The molecule has 3 aliphatic rings. The van der Waals surface area contributed by atoms with Gasteiger partial charge in [0.15, 0.2) is 11.5 Å². The van der Waals surface area contributed by atoms with Crippen molar-refractivity contribution in [3.05, 3.63) is 59.2 Å². The Bertz CT molecular complexity index is 1190. The van der Waals surface area contributed by atoms with E-state index in [2.05, 4.69) is 0 Å². The fourth-order valence-corrected chi connectivity index (χ4v) is 5.40. The first-order chi connectivity index (χ1) is 17.0. The number of halogens is 3. The van der Waals surface area contributed by atoms with Gasteiger partial charge in [-0.15, -0.1) is 0 Å². The quantitative estimate of drug-likeness (QED) is 0.640. The van der Waals surface area contributed by atoms with Crippen LogP contribution in [0.4, 0.5) is 13.2 Å². The highest BCUT2D eigenvalue weighted by Gasteiger charge is 2.59. The van der Waals surface area contributed by atoms with Gasteiger partial charge >= 0.3 is 12.1 Å². The Hall–Kier alpha value is -3.31. The molecule has 0 saturated carbocycles. The van der Waals surface area contributed by atoms with Crippen LogP contribution in [0.25, 0.3) is 0 Å². The largest absolute Gasteiger partial charge is 0.480 e. The van der Waals surface area contributed by atoms with Crippen molar-refractivity contribution in [2.24, 2.45) is 5.92 Å². The van der Waals surface area contributed by atoms with Crippen LogP contribution >= 0.6 is 0 Å². The molecule has 36 heavy (non-hydrogen) atoms. The molecule has 5 atom stereocenters. The van der Waals surface area contributed by atoms with E-state index in [9.17, 15) is 27.9 Å². The number of ether oxygens (including phenoxy) is 2. The van der Waals surface area contributed by atoms with E-state index in [0.29, 0.717) is 22.6 Å². The van der Waals surface area contributed by atoms with E-state index in [4.69, 9.17) is 14.3 Å². The van der Waals surface area contributed by atoms with Crippen LogP contribution in [0, 0.1) is 5.92 Å². The average molecular weight is 506 g/mol. The number of fused-ring (bicyclic) bond motifs is 2. The molecule has 0 spiro atoms. The standard InChI is InChI=1S/C25H25F3N2O6/c1-13(8-15-4-3-5-17(9-15)25(26,27)28)30-22-14(2)29(11-20(31)32)24(33)21(22)23(36-30)16-6-7-18-19(10-16)35-12-34-18/h3-7,9-10,13-14,21-23H,8,11-12H2,1-2H3,(H,31,32). The molecule has 0 aromatic heterocycles. The zero-order chi connectivity index (χ0) is 25.8. The van der Waals surface area contributed by atoms with Gasteiger partial charge in [0.05, 0.1) is 17.5 Å². The summed E-state index contributed by atoms with van der Waals surface area (Å²) in [6.45, 7) is 3.22. The van der Waals surface area contributed by atoms with Crippen molar-refractivity contribution in [1.29, 1.82) is 0 Å². The predicted octanol–water partition coefficient (Wildman–Crippen LogP) is 3.65. The molecule has 3 heterocycles. The van der Waals surface area contributed by atoms with E-state index in [1.807, 2.05) is 6.92 Å². The molecule has 0 aliphatic carbocycles.